The van der Waals surface area contributed by atoms with E-state index in [-0.39, 0.29) is 22.9 Å². The fourth-order valence-electron chi connectivity index (χ4n) is 5.67. The highest BCUT2D eigenvalue weighted by molar-refractivity contribution is 5.83. The summed E-state index contributed by atoms with van der Waals surface area (Å²) >= 11 is 0. The first-order chi connectivity index (χ1) is 11.5. The van der Waals surface area contributed by atoms with E-state index in [4.69, 9.17) is 11.5 Å². The van der Waals surface area contributed by atoms with Crippen LogP contribution < -0.4 is 21.3 Å². The minimum Gasteiger partial charge on any atom is -0.364 e. The Morgan fingerprint density at radius 2 is 0.875 bits per heavy atom. The fraction of sp³-hybridized carbons (Fsp3) is 0.889. The summed E-state index contributed by atoms with van der Waals surface area (Å²) in [5.74, 6) is -0.245. The number of rotatable bonds is 4. The predicted octanol–water partition coefficient (Wildman–Crippen LogP) is -1.85. The van der Waals surface area contributed by atoms with Crippen molar-refractivity contribution in [3.63, 3.8) is 0 Å². The van der Waals surface area contributed by atoms with E-state index in [1.54, 1.807) is 0 Å². The molecule has 6 nitrogen and oxygen atoms in total. The summed E-state index contributed by atoms with van der Waals surface area (Å²) in [6.07, 6.45) is 10.5. The van der Waals surface area contributed by atoms with Gasteiger partial charge in [-0.1, -0.05) is 12.8 Å². The molecule has 0 bridgehead atoms. The van der Waals surface area contributed by atoms with Crippen LogP contribution in [0.5, 0.6) is 0 Å². The summed E-state index contributed by atoms with van der Waals surface area (Å²) in [5, 5.41) is 0. The molecule has 2 amide bonds. The molecule has 0 aromatic heterocycles. The van der Waals surface area contributed by atoms with Gasteiger partial charge in [0.1, 0.15) is 26.2 Å². The van der Waals surface area contributed by atoms with Crippen LogP contribution in [-0.2, 0) is 9.59 Å². The normalized spacial score (nSPS) is 32.8. The van der Waals surface area contributed by atoms with Crippen LogP contribution in [0, 0.1) is 0 Å². The largest absolute Gasteiger partial charge is 0.364 e. The van der Waals surface area contributed by atoms with Gasteiger partial charge in [0.15, 0.2) is 11.1 Å². The van der Waals surface area contributed by atoms with Gasteiger partial charge in [-0.05, 0) is 25.7 Å². The van der Waals surface area contributed by atoms with Crippen molar-refractivity contribution < 1.29 is 19.4 Å². The lowest BCUT2D eigenvalue weighted by molar-refractivity contribution is -1.05. The molecule has 1 aliphatic heterocycles. The zero-order valence-corrected chi connectivity index (χ0v) is 14.9. The Labute approximate surface area is 144 Å². The minimum atomic E-state index is -0.365. The molecule has 0 spiro atoms. The first-order valence-corrected chi connectivity index (χ1v) is 9.81. The van der Waals surface area contributed by atoms with Crippen LogP contribution in [0.25, 0.3) is 0 Å². The molecule has 3 fully saturated rings. The highest BCUT2D eigenvalue weighted by Crippen LogP contribution is 2.27. The molecule has 3 rings (SSSR count). The Morgan fingerprint density at radius 1 is 0.583 bits per heavy atom. The SMILES string of the molecule is NC(=O)C1([NH+]2CC[NH+](C3(C(N)=O)CCCCC3)CC2)CCCCC1. The lowest BCUT2D eigenvalue weighted by Crippen LogP contribution is -3.35. The third kappa shape index (κ3) is 2.94. The van der Waals surface area contributed by atoms with Gasteiger partial charge in [0.05, 0.1) is 0 Å². The summed E-state index contributed by atoms with van der Waals surface area (Å²) < 4.78 is 0. The van der Waals surface area contributed by atoms with E-state index in [1.165, 1.54) is 22.6 Å². The quantitative estimate of drug-likeness (QED) is 0.484. The number of nitrogens with two attached hydrogens (primary N) is 2. The van der Waals surface area contributed by atoms with E-state index >= 15 is 0 Å². The van der Waals surface area contributed by atoms with Gasteiger partial charge < -0.3 is 21.3 Å². The fourth-order valence-corrected chi connectivity index (χ4v) is 5.67. The van der Waals surface area contributed by atoms with Crippen molar-refractivity contribution in [1.29, 1.82) is 0 Å². The van der Waals surface area contributed by atoms with E-state index in [9.17, 15) is 9.59 Å². The smallest absolute Gasteiger partial charge is 0.278 e. The second kappa shape index (κ2) is 7.00. The number of hydrogen-bond donors (Lipinski definition) is 4. The van der Waals surface area contributed by atoms with Crippen LogP contribution in [0.4, 0.5) is 0 Å². The van der Waals surface area contributed by atoms with Gasteiger partial charge in [-0.25, -0.2) is 0 Å². The third-order valence-electron chi connectivity index (χ3n) is 7.17. The lowest BCUT2D eigenvalue weighted by Gasteiger charge is -2.47. The van der Waals surface area contributed by atoms with E-state index in [0.717, 1.165) is 77.5 Å². The van der Waals surface area contributed by atoms with Crippen LogP contribution in [0.15, 0.2) is 0 Å². The Hall–Kier alpha value is -1.14. The molecule has 136 valence electrons. The zero-order valence-electron chi connectivity index (χ0n) is 14.9. The second-order valence-electron chi connectivity index (χ2n) is 8.22. The molecule has 1 saturated heterocycles. The van der Waals surface area contributed by atoms with Crippen molar-refractivity contribution in [1.82, 2.24) is 0 Å². The Morgan fingerprint density at radius 3 is 1.12 bits per heavy atom. The molecule has 0 atom stereocenters. The summed E-state index contributed by atoms with van der Waals surface area (Å²) in [6.45, 7) is 3.70. The third-order valence-corrected chi connectivity index (χ3v) is 7.17. The number of hydrogen-bond acceptors (Lipinski definition) is 2. The van der Waals surface area contributed by atoms with Crippen LogP contribution >= 0.6 is 0 Å². The van der Waals surface area contributed by atoms with Crippen LogP contribution in [0.1, 0.15) is 64.2 Å². The first kappa shape index (κ1) is 17.7. The molecule has 2 saturated carbocycles. The Balaban J connectivity index is 1.70. The van der Waals surface area contributed by atoms with Gasteiger partial charge in [0, 0.05) is 25.7 Å². The molecule has 0 aromatic rings. The van der Waals surface area contributed by atoms with Crippen molar-refractivity contribution in [2.75, 3.05) is 26.2 Å². The van der Waals surface area contributed by atoms with Gasteiger partial charge in [-0.2, -0.15) is 0 Å². The molecule has 3 aliphatic rings. The molecule has 0 aromatic carbocycles. The number of amides is 2. The van der Waals surface area contributed by atoms with E-state index in [2.05, 4.69) is 0 Å². The summed E-state index contributed by atoms with van der Waals surface area (Å²) in [6, 6.07) is 0. The van der Waals surface area contributed by atoms with Gasteiger partial charge in [-0.15, -0.1) is 0 Å². The maximum atomic E-state index is 12.3. The topological polar surface area (TPSA) is 95.1 Å². The number of carbonyl (C=O) groups is 2. The van der Waals surface area contributed by atoms with Gasteiger partial charge >= 0.3 is 0 Å². The van der Waals surface area contributed by atoms with Crippen molar-refractivity contribution in [3.05, 3.63) is 0 Å². The number of nitrogens with one attached hydrogen (secondary N) is 2. The average Bonchev–Trinajstić information content (AvgIpc) is 2.62. The molecular formula is C18H34N4O2+2. The minimum absolute atomic E-state index is 0.122. The van der Waals surface area contributed by atoms with Crippen molar-refractivity contribution in [2.24, 2.45) is 11.5 Å². The van der Waals surface area contributed by atoms with Gasteiger partial charge in [0.2, 0.25) is 0 Å². The van der Waals surface area contributed by atoms with Crippen molar-refractivity contribution in [2.45, 2.75) is 75.3 Å². The maximum absolute atomic E-state index is 12.3. The van der Waals surface area contributed by atoms with Crippen molar-refractivity contribution >= 4 is 11.8 Å². The van der Waals surface area contributed by atoms with Crippen LogP contribution in [-0.4, -0.2) is 49.1 Å². The molecule has 6 heteroatoms. The van der Waals surface area contributed by atoms with Gasteiger partial charge in [0.25, 0.3) is 11.8 Å². The number of piperazine rings is 1. The molecule has 0 unspecified atom stereocenters. The summed E-state index contributed by atoms with van der Waals surface area (Å²) in [4.78, 5) is 27.2. The Kier molecular flexibility index (Phi) is 5.16. The highest BCUT2D eigenvalue weighted by Gasteiger charge is 2.53. The predicted molar refractivity (Wildman–Crippen MR) is 91.4 cm³/mol. The molecule has 0 radical (unpaired) electrons. The van der Waals surface area contributed by atoms with Gasteiger partial charge in [-0.3, -0.25) is 9.59 Å². The van der Waals surface area contributed by atoms with Crippen molar-refractivity contribution in [3.8, 4) is 0 Å². The second-order valence-corrected chi connectivity index (χ2v) is 8.22. The molecule has 24 heavy (non-hydrogen) atoms. The zero-order chi connectivity index (χ0) is 17.2. The monoisotopic (exact) mass is 338 g/mol. The van der Waals surface area contributed by atoms with E-state index < -0.39 is 0 Å². The number of carbonyl (C=O) groups excluding carboxylic acids is 2. The summed E-state index contributed by atoms with van der Waals surface area (Å²) in [7, 11) is 0. The molecule has 1 heterocycles. The lowest BCUT2D eigenvalue weighted by atomic mass is 9.77. The maximum Gasteiger partial charge on any atom is 0.278 e. The summed E-state index contributed by atoms with van der Waals surface area (Å²) in [5.41, 5.74) is 11.0. The Bertz CT molecular complexity index is 429. The molecule has 2 aliphatic carbocycles. The van der Waals surface area contributed by atoms with E-state index in [1.807, 2.05) is 0 Å². The molecule has 6 N–H and O–H groups in total. The van der Waals surface area contributed by atoms with Crippen LogP contribution in [0.3, 0.4) is 0 Å². The number of quaternary nitrogens is 2. The van der Waals surface area contributed by atoms with Crippen LogP contribution in [0.2, 0.25) is 0 Å². The standard InChI is InChI=1S/C18H32N4O2/c19-15(23)17(7-3-1-4-8-17)21-11-13-22(14-12-21)18(16(20)24)9-5-2-6-10-18/h1-14H2,(H2,19,23)(H2,20,24)/p+2. The number of primary amides is 2. The van der Waals surface area contributed by atoms with E-state index in [0.29, 0.717) is 0 Å². The first-order valence-electron chi connectivity index (χ1n) is 9.81. The highest BCUT2D eigenvalue weighted by atomic mass is 16.2. The molecular weight excluding hydrogens is 304 g/mol. The average molecular weight is 338 g/mol.